The summed E-state index contributed by atoms with van der Waals surface area (Å²) in [7, 11) is -7.98. The smallest absolute Gasteiger partial charge is 0.871 e. The molecule has 2 aromatic heterocycles. The maximum Gasteiger partial charge on any atom is 3.00 e. The molecule has 21 heteroatoms. The van der Waals surface area contributed by atoms with Crippen molar-refractivity contribution in [2.45, 2.75) is 23.6 Å². The topological polar surface area (TPSA) is 298 Å². The zero-order chi connectivity index (χ0) is 37.8. The van der Waals surface area contributed by atoms with E-state index in [2.05, 4.69) is 30.7 Å². The number of primary sulfonamides is 2. The minimum atomic E-state index is -3.99. The summed E-state index contributed by atoms with van der Waals surface area (Å²) in [5.41, 5.74) is 1.16. The van der Waals surface area contributed by atoms with Crippen LogP contribution in [-0.4, -0.2) is 36.4 Å². The van der Waals surface area contributed by atoms with Gasteiger partial charge in [-0.25, -0.2) is 36.5 Å². The first-order valence-electron chi connectivity index (χ1n) is 14.7. The summed E-state index contributed by atoms with van der Waals surface area (Å²) in [6.45, 7) is 3.15. The van der Waals surface area contributed by atoms with E-state index in [1.807, 2.05) is 0 Å². The third-order valence-electron chi connectivity index (χ3n) is 7.01. The van der Waals surface area contributed by atoms with Crippen molar-refractivity contribution in [1.29, 1.82) is 0 Å². The molecule has 0 radical (unpaired) electrons. The third-order valence-corrected chi connectivity index (χ3v) is 8.83. The quantitative estimate of drug-likeness (QED) is 0.212. The Morgan fingerprint density at radius 1 is 0.566 bits per heavy atom. The van der Waals surface area contributed by atoms with Gasteiger partial charge in [-0.3, -0.25) is 0 Å². The van der Waals surface area contributed by atoms with Crippen LogP contribution in [0.15, 0.2) is 127 Å². The fourth-order valence-electron chi connectivity index (χ4n) is 4.43. The van der Waals surface area contributed by atoms with Gasteiger partial charge >= 0.3 is 18.2 Å². The molecule has 2 heterocycles. The Morgan fingerprint density at radius 2 is 0.906 bits per heavy atom. The van der Waals surface area contributed by atoms with Gasteiger partial charge in [0.05, 0.1) is 43.9 Å². The maximum absolute atomic E-state index is 12.5. The Hall–Kier alpha value is -5.97. The van der Waals surface area contributed by atoms with Gasteiger partial charge in [-0.15, -0.1) is 10.2 Å². The van der Waals surface area contributed by atoms with Crippen LogP contribution in [0.1, 0.15) is 12.8 Å². The van der Waals surface area contributed by atoms with Crippen molar-refractivity contribution < 1.29 is 55.5 Å². The van der Waals surface area contributed by atoms with E-state index in [4.69, 9.17) is 10.3 Å². The normalized spacial score (nSPS) is 11.7. The SMILES string of the molecule is Cc1nn(-c2ccccc2)c([O-])c1N=Nc1cc(S(N)(=O)=O)ccc1[O-].Cc1nn(-c2ccccc2)c([O-])c1N=Nc1cc(S(N)(=O)=O)ccc1[O-].[Co+3].[H+]. The molecule has 274 valence electrons. The number of aromatic nitrogens is 4. The van der Waals surface area contributed by atoms with Crippen LogP contribution < -0.4 is 30.7 Å². The number of rotatable bonds is 8. The number of para-hydroxylation sites is 2. The monoisotopic (exact) mass is 802 g/mol. The van der Waals surface area contributed by atoms with Gasteiger partial charge in [0, 0.05) is 11.8 Å². The molecule has 53 heavy (non-hydrogen) atoms. The summed E-state index contributed by atoms with van der Waals surface area (Å²) >= 11 is 0. The fourth-order valence-corrected chi connectivity index (χ4v) is 5.49. The zero-order valence-electron chi connectivity index (χ0n) is 28.4. The second-order valence-corrected chi connectivity index (χ2v) is 13.8. The van der Waals surface area contributed by atoms with E-state index in [0.717, 1.165) is 36.4 Å². The van der Waals surface area contributed by atoms with Crippen LogP contribution in [0.5, 0.6) is 23.3 Å². The number of hydrogen-bond acceptors (Lipinski definition) is 14. The average molecular weight is 803 g/mol. The predicted octanol–water partition coefficient (Wildman–Crippen LogP) is 2.89. The van der Waals surface area contributed by atoms with Gasteiger partial charge in [0.25, 0.3) is 0 Å². The Labute approximate surface area is 314 Å². The molecule has 4 aromatic carbocycles. The fraction of sp³-hybridized carbons (Fsp3) is 0.0625. The number of hydrogen-bond donors (Lipinski definition) is 2. The van der Waals surface area contributed by atoms with Crippen molar-refractivity contribution in [3.63, 3.8) is 0 Å². The Bertz CT molecular complexity index is 2370. The van der Waals surface area contributed by atoms with Crippen LogP contribution in [0.3, 0.4) is 0 Å². The summed E-state index contributed by atoms with van der Waals surface area (Å²) in [6, 6.07) is 23.7. The first-order valence-corrected chi connectivity index (χ1v) is 17.8. The molecule has 4 N–H and O–H groups in total. The molecule has 0 aliphatic heterocycles. The van der Waals surface area contributed by atoms with Crippen molar-refractivity contribution in [3.8, 4) is 34.6 Å². The predicted molar refractivity (Wildman–Crippen MR) is 179 cm³/mol. The summed E-state index contributed by atoms with van der Waals surface area (Å²) in [6.07, 6.45) is 0. The first kappa shape index (κ1) is 39.8. The molecular weight excluding hydrogens is 775 g/mol. The number of sulfonamides is 2. The summed E-state index contributed by atoms with van der Waals surface area (Å²) < 4.78 is 47.9. The molecule has 0 fully saturated rings. The van der Waals surface area contributed by atoms with E-state index in [0.29, 0.717) is 22.8 Å². The van der Waals surface area contributed by atoms with Gasteiger partial charge in [0.2, 0.25) is 20.0 Å². The van der Waals surface area contributed by atoms with Crippen molar-refractivity contribution in [2.24, 2.45) is 30.7 Å². The molecule has 6 aromatic rings. The molecule has 0 bridgehead atoms. The van der Waals surface area contributed by atoms with Crippen LogP contribution in [-0.2, 0) is 36.8 Å². The zero-order valence-corrected chi connectivity index (χ0v) is 30.1. The van der Waals surface area contributed by atoms with Crippen LogP contribution in [0.4, 0.5) is 22.7 Å². The maximum atomic E-state index is 12.5. The molecule has 6 rings (SSSR count). The summed E-state index contributed by atoms with van der Waals surface area (Å²) in [5, 5.41) is 82.0. The Balaban J connectivity index is 0.000000280. The second-order valence-electron chi connectivity index (χ2n) is 10.7. The molecule has 0 saturated heterocycles. The Morgan fingerprint density at radius 3 is 1.23 bits per heavy atom. The molecule has 0 amide bonds. The van der Waals surface area contributed by atoms with E-state index in [-0.39, 0.29) is 50.7 Å². The summed E-state index contributed by atoms with van der Waals surface area (Å²) in [5.74, 6) is -2.12. The number of azo groups is 2. The van der Waals surface area contributed by atoms with Gasteiger partial charge in [-0.05, 0) is 62.4 Å². The van der Waals surface area contributed by atoms with Crippen LogP contribution in [0.2, 0.25) is 0 Å². The van der Waals surface area contributed by atoms with Crippen LogP contribution in [0.25, 0.3) is 11.4 Å². The van der Waals surface area contributed by atoms with Crippen molar-refractivity contribution >= 4 is 42.8 Å². The third kappa shape index (κ3) is 9.28. The van der Waals surface area contributed by atoms with Gasteiger partial charge in [-0.1, -0.05) is 60.0 Å². The molecular formula is C32H27CoN10O8S2. The Kier molecular flexibility index (Phi) is 12.1. The largest absolute Gasteiger partial charge is 3.00 e. The van der Waals surface area contributed by atoms with E-state index >= 15 is 0 Å². The molecule has 0 saturated carbocycles. The van der Waals surface area contributed by atoms with E-state index in [1.165, 1.54) is 9.36 Å². The van der Waals surface area contributed by atoms with Gasteiger partial charge < -0.3 is 20.4 Å². The van der Waals surface area contributed by atoms with Crippen LogP contribution in [0, 0.1) is 13.8 Å². The molecule has 0 aliphatic rings. The van der Waals surface area contributed by atoms with Gasteiger partial charge in [0.15, 0.2) is 0 Å². The molecule has 0 atom stereocenters. The summed E-state index contributed by atoms with van der Waals surface area (Å²) in [4.78, 5) is -0.546. The standard InChI is InChI=1S/2C16H15N5O4S.Co/c2*1-10-15(16(23)21(20-10)11-5-3-2-4-6-11)19-18-13-9-12(26(17,24)25)7-8-14(13)22;/h2*2-9,22-23H,1H3,(H2,17,24,25);/q;;+3/p-3. The molecule has 0 spiro atoms. The number of nitrogens with zero attached hydrogens (tertiary/aromatic N) is 8. The average Bonchev–Trinajstić information content (AvgIpc) is 3.56. The number of nitrogens with two attached hydrogens (primary N) is 2. The number of benzene rings is 4. The minimum Gasteiger partial charge on any atom is -0.871 e. The second kappa shape index (κ2) is 16.1. The van der Waals surface area contributed by atoms with Crippen LogP contribution >= 0.6 is 0 Å². The van der Waals surface area contributed by atoms with Crippen molar-refractivity contribution in [1.82, 2.24) is 19.6 Å². The van der Waals surface area contributed by atoms with Gasteiger partial charge in [-0.2, -0.15) is 20.4 Å². The van der Waals surface area contributed by atoms with Crippen molar-refractivity contribution in [3.05, 3.63) is 108 Å². The van der Waals surface area contributed by atoms with E-state index in [9.17, 15) is 37.3 Å². The first-order chi connectivity index (χ1) is 24.5. The minimum absolute atomic E-state index is 0. The van der Waals surface area contributed by atoms with Crippen molar-refractivity contribution in [2.75, 3.05) is 0 Å². The van der Waals surface area contributed by atoms with E-state index in [1.54, 1.807) is 74.5 Å². The molecule has 0 unspecified atom stereocenters. The van der Waals surface area contributed by atoms with Gasteiger partial charge in [0.1, 0.15) is 11.4 Å². The number of aryl methyl sites for hydroxylation is 2. The van der Waals surface area contributed by atoms with E-state index < -0.39 is 43.3 Å². The molecule has 18 nitrogen and oxygen atoms in total. The molecule has 0 aliphatic carbocycles.